The minimum absolute atomic E-state index is 0.0814. The first kappa shape index (κ1) is 12.7. The van der Waals surface area contributed by atoms with E-state index < -0.39 is 11.7 Å². The van der Waals surface area contributed by atoms with Crippen LogP contribution in [0.15, 0.2) is 24.4 Å². The Morgan fingerprint density at radius 2 is 1.94 bits per heavy atom. The third kappa shape index (κ3) is 2.00. The second-order valence-electron chi connectivity index (χ2n) is 4.43. The molecule has 0 aliphatic carbocycles. The van der Waals surface area contributed by atoms with Gasteiger partial charge in [-0.25, -0.2) is 0 Å². The van der Waals surface area contributed by atoms with Gasteiger partial charge in [0.15, 0.2) is 6.29 Å². The summed E-state index contributed by atoms with van der Waals surface area (Å²) in [5, 5.41) is 0.341. The van der Waals surface area contributed by atoms with Gasteiger partial charge >= 0.3 is 6.18 Å². The van der Waals surface area contributed by atoms with Gasteiger partial charge in [-0.05, 0) is 32.0 Å². The Kier molecular flexibility index (Phi) is 2.92. The van der Waals surface area contributed by atoms with Crippen molar-refractivity contribution < 1.29 is 18.0 Å². The number of halogens is 3. The Labute approximate surface area is 102 Å². The molecule has 0 radical (unpaired) electrons. The van der Waals surface area contributed by atoms with Crippen LogP contribution >= 0.6 is 0 Å². The maximum atomic E-state index is 12.6. The molecule has 18 heavy (non-hydrogen) atoms. The maximum Gasteiger partial charge on any atom is 0.416 e. The highest BCUT2D eigenvalue weighted by Crippen LogP contribution is 2.33. The number of hydrogen-bond acceptors (Lipinski definition) is 1. The summed E-state index contributed by atoms with van der Waals surface area (Å²) in [5.74, 6) is 0. The lowest BCUT2D eigenvalue weighted by atomic mass is 10.1. The van der Waals surface area contributed by atoms with Gasteiger partial charge in [-0.15, -0.1) is 0 Å². The number of carbonyl (C=O) groups excluding carboxylic acids is 1. The van der Waals surface area contributed by atoms with Crippen LogP contribution in [-0.2, 0) is 6.18 Å². The molecule has 0 aliphatic heterocycles. The standard InChI is InChI=1S/C13H12F3NO/c1-8(2)17-6-9(7-18)11-5-10(13(14,15)16)3-4-12(11)17/h3-8H,1-2H3. The molecule has 2 nitrogen and oxygen atoms in total. The van der Waals surface area contributed by atoms with Gasteiger partial charge in [-0.3, -0.25) is 4.79 Å². The minimum atomic E-state index is -4.39. The predicted octanol–water partition coefficient (Wildman–Crippen LogP) is 4.05. The van der Waals surface area contributed by atoms with Crippen molar-refractivity contribution in [1.82, 2.24) is 4.57 Å². The molecule has 1 aromatic carbocycles. The van der Waals surface area contributed by atoms with Gasteiger partial charge < -0.3 is 4.57 Å². The number of hydrogen-bond donors (Lipinski definition) is 0. The summed E-state index contributed by atoms with van der Waals surface area (Å²) >= 11 is 0. The molecule has 2 rings (SSSR count). The monoisotopic (exact) mass is 255 g/mol. The number of rotatable bonds is 2. The maximum absolute atomic E-state index is 12.6. The third-order valence-electron chi connectivity index (χ3n) is 2.87. The van der Waals surface area contributed by atoms with Gasteiger partial charge in [0, 0.05) is 28.7 Å². The van der Waals surface area contributed by atoms with E-state index in [-0.39, 0.29) is 11.6 Å². The van der Waals surface area contributed by atoms with Crippen LogP contribution in [0.2, 0.25) is 0 Å². The molecule has 5 heteroatoms. The summed E-state index contributed by atoms with van der Waals surface area (Å²) in [5.41, 5.74) is 0.185. The molecule has 1 heterocycles. The molecule has 0 bridgehead atoms. The van der Waals surface area contributed by atoms with Gasteiger partial charge in [0.2, 0.25) is 0 Å². The van der Waals surface area contributed by atoms with Crippen LogP contribution in [0.4, 0.5) is 13.2 Å². The molecular weight excluding hydrogens is 243 g/mol. The number of nitrogens with zero attached hydrogens (tertiary/aromatic N) is 1. The molecular formula is C13H12F3NO. The van der Waals surface area contributed by atoms with Crippen molar-refractivity contribution in [1.29, 1.82) is 0 Å². The number of aldehydes is 1. The fourth-order valence-corrected chi connectivity index (χ4v) is 1.98. The molecule has 0 amide bonds. The Hall–Kier alpha value is -1.78. The Morgan fingerprint density at radius 3 is 2.44 bits per heavy atom. The van der Waals surface area contributed by atoms with Crippen molar-refractivity contribution in [3.8, 4) is 0 Å². The van der Waals surface area contributed by atoms with E-state index in [2.05, 4.69) is 0 Å². The van der Waals surface area contributed by atoms with E-state index in [0.29, 0.717) is 17.2 Å². The second-order valence-corrected chi connectivity index (χ2v) is 4.43. The molecule has 0 N–H and O–H groups in total. The van der Waals surface area contributed by atoms with Crippen molar-refractivity contribution in [3.05, 3.63) is 35.5 Å². The average molecular weight is 255 g/mol. The smallest absolute Gasteiger partial charge is 0.344 e. The molecule has 0 atom stereocenters. The van der Waals surface area contributed by atoms with Crippen molar-refractivity contribution in [2.45, 2.75) is 26.1 Å². The van der Waals surface area contributed by atoms with Crippen molar-refractivity contribution >= 4 is 17.2 Å². The van der Waals surface area contributed by atoms with E-state index in [4.69, 9.17) is 0 Å². The first-order valence-corrected chi connectivity index (χ1v) is 5.51. The topological polar surface area (TPSA) is 22.0 Å². The first-order chi connectivity index (χ1) is 8.34. The lowest BCUT2D eigenvalue weighted by Gasteiger charge is -2.10. The van der Waals surface area contributed by atoms with Crippen molar-refractivity contribution in [2.24, 2.45) is 0 Å². The quantitative estimate of drug-likeness (QED) is 0.742. The van der Waals surface area contributed by atoms with E-state index in [9.17, 15) is 18.0 Å². The minimum Gasteiger partial charge on any atom is -0.344 e. The molecule has 2 aromatic rings. The van der Waals surface area contributed by atoms with Crippen LogP contribution in [-0.4, -0.2) is 10.9 Å². The van der Waals surface area contributed by atoms with Gasteiger partial charge in [-0.1, -0.05) is 0 Å². The molecule has 0 saturated heterocycles. The fourth-order valence-electron chi connectivity index (χ4n) is 1.98. The summed E-state index contributed by atoms with van der Waals surface area (Å²) in [6.07, 6.45) is -2.22. The fraction of sp³-hybridized carbons (Fsp3) is 0.308. The van der Waals surface area contributed by atoms with Crippen LogP contribution in [0.1, 0.15) is 35.8 Å². The lowest BCUT2D eigenvalue weighted by Crippen LogP contribution is -2.04. The highest BCUT2D eigenvalue weighted by molar-refractivity contribution is 5.98. The molecule has 0 fully saturated rings. The van der Waals surface area contributed by atoms with Crippen LogP contribution in [0.5, 0.6) is 0 Å². The Morgan fingerprint density at radius 1 is 1.28 bits per heavy atom. The van der Waals surface area contributed by atoms with E-state index in [1.807, 2.05) is 13.8 Å². The Bertz CT molecular complexity index is 596. The zero-order valence-corrected chi connectivity index (χ0v) is 9.95. The zero-order valence-electron chi connectivity index (χ0n) is 9.95. The largest absolute Gasteiger partial charge is 0.416 e. The van der Waals surface area contributed by atoms with Gasteiger partial charge in [0.25, 0.3) is 0 Å². The number of aromatic nitrogens is 1. The summed E-state index contributed by atoms with van der Waals surface area (Å²) < 4.78 is 39.7. The molecule has 96 valence electrons. The highest BCUT2D eigenvalue weighted by Gasteiger charge is 2.31. The van der Waals surface area contributed by atoms with E-state index in [0.717, 1.165) is 12.1 Å². The van der Waals surface area contributed by atoms with Gasteiger partial charge in [-0.2, -0.15) is 13.2 Å². The van der Waals surface area contributed by atoms with E-state index in [1.165, 1.54) is 6.07 Å². The first-order valence-electron chi connectivity index (χ1n) is 5.51. The third-order valence-corrected chi connectivity index (χ3v) is 2.87. The van der Waals surface area contributed by atoms with Crippen LogP contribution < -0.4 is 0 Å². The average Bonchev–Trinajstić information content (AvgIpc) is 2.65. The molecule has 0 saturated carbocycles. The van der Waals surface area contributed by atoms with Crippen LogP contribution in [0, 0.1) is 0 Å². The van der Waals surface area contributed by atoms with E-state index >= 15 is 0 Å². The second kappa shape index (κ2) is 4.15. The number of alkyl halides is 3. The predicted molar refractivity (Wildman–Crippen MR) is 62.7 cm³/mol. The SMILES string of the molecule is CC(C)n1cc(C=O)c2cc(C(F)(F)F)ccc21. The number of fused-ring (bicyclic) bond motifs is 1. The van der Waals surface area contributed by atoms with E-state index in [1.54, 1.807) is 10.8 Å². The molecule has 0 aliphatic rings. The van der Waals surface area contributed by atoms with Crippen molar-refractivity contribution in [2.75, 3.05) is 0 Å². The van der Waals surface area contributed by atoms with Gasteiger partial charge in [0.05, 0.1) is 5.56 Å². The van der Waals surface area contributed by atoms with Crippen LogP contribution in [0.3, 0.4) is 0 Å². The van der Waals surface area contributed by atoms with Crippen molar-refractivity contribution in [3.63, 3.8) is 0 Å². The normalized spacial score (nSPS) is 12.3. The molecule has 1 aromatic heterocycles. The number of carbonyl (C=O) groups is 1. The summed E-state index contributed by atoms with van der Waals surface area (Å²) in [6.45, 7) is 3.82. The lowest BCUT2D eigenvalue weighted by molar-refractivity contribution is -0.137. The summed E-state index contributed by atoms with van der Waals surface area (Å²) in [4.78, 5) is 10.9. The molecule has 0 unspecified atom stereocenters. The Balaban J connectivity index is 2.73. The van der Waals surface area contributed by atoms with Gasteiger partial charge in [0.1, 0.15) is 0 Å². The summed E-state index contributed by atoms with van der Waals surface area (Å²) in [6, 6.07) is 3.55. The summed E-state index contributed by atoms with van der Waals surface area (Å²) in [7, 11) is 0. The highest BCUT2D eigenvalue weighted by atomic mass is 19.4. The molecule has 0 spiro atoms. The van der Waals surface area contributed by atoms with Crippen LogP contribution in [0.25, 0.3) is 10.9 Å². The zero-order chi connectivity index (χ0) is 13.5. The number of benzene rings is 1.